The number of hydrogen-bond acceptors (Lipinski definition) is 4. The first-order valence-electron chi connectivity index (χ1n) is 9.52. The summed E-state index contributed by atoms with van der Waals surface area (Å²) in [6.45, 7) is 7.83. The quantitative estimate of drug-likeness (QED) is 0.865. The maximum absolute atomic E-state index is 12.6. The lowest BCUT2D eigenvalue weighted by Crippen LogP contribution is -2.57. The van der Waals surface area contributed by atoms with Crippen molar-refractivity contribution in [3.63, 3.8) is 0 Å². The second kappa shape index (κ2) is 8.54. The van der Waals surface area contributed by atoms with Gasteiger partial charge in [-0.1, -0.05) is 12.1 Å². The Kier molecular flexibility index (Phi) is 6.14. The molecule has 0 spiro atoms. The standard InChI is InChI=1S/C20H29N3O3/c1-15-5-6-16(2)18(12-15)26-11-7-19(24)22-9-3-4-17(14-22)23-10-8-21-13-20(23)25/h5-6,12,17,21H,3-4,7-11,13-14H2,1-2H3. The molecule has 2 fully saturated rings. The highest BCUT2D eigenvalue weighted by Crippen LogP contribution is 2.20. The lowest BCUT2D eigenvalue weighted by atomic mass is 10.0. The SMILES string of the molecule is Cc1ccc(C)c(OCCC(=O)N2CCCC(N3CCNCC3=O)C2)c1. The number of rotatable bonds is 5. The van der Waals surface area contributed by atoms with Gasteiger partial charge in [0.2, 0.25) is 11.8 Å². The van der Waals surface area contributed by atoms with Crippen molar-refractivity contribution < 1.29 is 14.3 Å². The molecule has 0 aliphatic carbocycles. The molecule has 2 saturated heterocycles. The lowest BCUT2D eigenvalue weighted by Gasteiger charge is -2.41. The third-order valence-corrected chi connectivity index (χ3v) is 5.23. The van der Waals surface area contributed by atoms with Crippen molar-refractivity contribution in [1.29, 1.82) is 0 Å². The molecule has 2 amide bonds. The van der Waals surface area contributed by atoms with Crippen LogP contribution in [0, 0.1) is 13.8 Å². The number of piperazine rings is 1. The summed E-state index contributed by atoms with van der Waals surface area (Å²) < 4.78 is 5.82. The van der Waals surface area contributed by atoms with Crippen LogP contribution in [0.15, 0.2) is 18.2 Å². The molecule has 6 heteroatoms. The van der Waals surface area contributed by atoms with Crippen LogP contribution in [-0.2, 0) is 9.59 Å². The number of carbonyl (C=O) groups excluding carboxylic acids is 2. The molecule has 1 atom stereocenters. The van der Waals surface area contributed by atoms with E-state index in [2.05, 4.69) is 11.4 Å². The number of benzene rings is 1. The third-order valence-electron chi connectivity index (χ3n) is 5.23. The molecule has 3 rings (SSSR count). The molecule has 1 N–H and O–H groups in total. The Morgan fingerprint density at radius 1 is 1.31 bits per heavy atom. The normalized spacial score (nSPS) is 21.0. The molecule has 1 aromatic carbocycles. The lowest BCUT2D eigenvalue weighted by molar-refractivity contribution is -0.140. The topological polar surface area (TPSA) is 61.9 Å². The molecule has 0 radical (unpaired) electrons. The monoisotopic (exact) mass is 359 g/mol. The summed E-state index contributed by atoms with van der Waals surface area (Å²) in [6.07, 6.45) is 2.30. The first-order valence-corrected chi connectivity index (χ1v) is 9.52. The molecule has 6 nitrogen and oxygen atoms in total. The van der Waals surface area contributed by atoms with Crippen molar-refractivity contribution in [3.8, 4) is 5.75 Å². The van der Waals surface area contributed by atoms with E-state index in [4.69, 9.17) is 4.74 Å². The van der Waals surface area contributed by atoms with E-state index < -0.39 is 0 Å². The van der Waals surface area contributed by atoms with E-state index in [-0.39, 0.29) is 17.9 Å². The fourth-order valence-corrected chi connectivity index (χ4v) is 3.71. The zero-order chi connectivity index (χ0) is 18.5. The number of amides is 2. The maximum atomic E-state index is 12.6. The molecule has 26 heavy (non-hydrogen) atoms. The Bertz CT molecular complexity index is 662. The highest BCUT2D eigenvalue weighted by atomic mass is 16.5. The third kappa shape index (κ3) is 4.55. The van der Waals surface area contributed by atoms with Crippen LogP contribution in [0.1, 0.15) is 30.4 Å². The molecular weight excluding hydrogens is 330 g/mol. The molecule has 2 aliphatic rings. The minimum atomic E-state index is 0.114. The molecule has 1 unspecified atom stereocenters. The van der Waals surface area contributed by atoms with Gasteiger partial charge in [-0.05, 0) is 43.9 Å². The van der Waals surface area contributed by atoms with Crippen LogP contribution >= 0.6 is 0 Å². The predicted octanol–water partition coefficient (Wildman–Crippen LogP) is 1.50. The van der Waals surface area contributed by atoms with Crippen LogP contribution in [-0.4, -0.2) is 67.0 Å². The van der Waals surface area contributed by atoms with Crippen LogP contribution in [0.25, 0.3) is 0 Å². The average Bonchev–Trinajstić information content (AvgIpc) is 2.65. The highest BCUT2D eigenvalue weighted by Gasteiger charge is 2.31. The van der Waals surface area contributed by atoms with Gasteiger partial charge in [-0.2, -0.15) is 0 Å². The molecule has 0 saturated carbocycles. The van der Waals surface area contributed by atoms with Gasteiger partial charge in [-0.25, -0.2) is 0 Å². The van der Waals surface area contributed by atoms with Crippen molar-refractivity contribution in [2.45, 2.75) is 39.2 Å². The molecule has 0 bridgehead atoms. The number of piperidine rings is 1. The molecule has 2 heterocycles. The minimum Gasteiger partial charge on any atom is -0.493 e. The number of carbonyl (C=O) groups is 2. The van der Waals surface area contributed by atoms with E-state index in [9.17, 15) is 9.59 Å². The number of nitrogens with one attached hydrogen (secondary N) is 1. The van der Waals surface area contributed by atoms with Crippen molar-refractivity contribution in [3.05, 3.63) is 29.3 Å². The molecule has 1 aromatic rings. The Balaban J connectivity index is 1.49. The predicted molar refractivity (Wildman–Crippen MR) is 100 cm³/mol. The first kappa shape index (κ1) is 18.7. The summed E-state index contributed by atoms with van der Waals surface area (Å²) >= 11 is 0. The van der Waals surface area contributed by atoms with Crippen LogP contribution in [0.4, 0.5) is 0 Å². The number of likely N-dealkylation sites (tertiary alicyclic amines) is 1. The summed E-state index contributed by atoms with van der Waals surface area (Å²) in [6, 6.07) is 6.25. The second-order valence-corrected chi connectivity index (χ2v) is 7.27. The van der Waals surface area contributed by atoms with Gasteiger partial charge in [0.15, 0.2) is 0 Å². The molecule has 142 valence electrons. The second-order valence-electron chi connectivity index (χ2n) is 7.27. The van der Waals surface area contributed by atoms with Crippen LogP contribution in [0.3, 0.4) is 0 Å². The van der Waals surface area contributed by atoms with Crippen molar-refractivity contribution >= 4 is 11.8 Å². The Morgan fingerprint density at radius 2 is 2.15 bits per heavy atom. The van der Waals surface area contributed by atoms with Crippen LogP contribution < -0.4 is 10.1 Å². The van der Waals surface area contributed by atoms with Gasteiger partial charge in [-0.3, -0.25) is 9.59 Å². The fourth-order valence-electron chi connectivity index (χ4n) is 3.71. The minimum absolute atomic E-state index is 0.114. The van der Waals surface area contributed by atoms with Crippen LogP contribution in [0.5, 0.6) is 5.75 Å². The molecular formula is C20H29N3O3. The molecule has 2 aliphatic heterocycles. The van der Waals surface area contributed by atoms with Gasteiger partial charge < -0.3 is 19.9 Å². The summed E-state index contributed by atoms with van der Waals surface area (Å²) in [5, 5.41) is 3.10. The number of aryl methyl sites for hydroxylation is 2. The zero-order valence-electron chi connectivity index (χ0n) is 15.8. The van der Waals surface area contributed by atoms with Gasteiger partial charge in [-0.15, -0.1) is 0 Å². The van der Waals surface area contributed by atoms with Gasteiger partial charge in [0.25, 0.3) is 0 Å². The summed E-state index contributed by atoms with van der Waals surface area (Å²) in [4.78, 5) is 28.5. The number of hydrogen-bond donors (Lipinski definition) is 1. The summed E-state index contributed by atoms with van der Waals surface area (Å²) in [5.41, 5.74) is 2.23. The largest absolute Gasteiger partial charge is 0.493 e. The van der Waals surface area contributed by atoms with Crippen molar-refractivity contribution in [2.24, 2.45) is 0 Å². The van der Waals surface area contributed by atoms with E-state index >= 15 is 0 Å². The highest BCUT2D eigenvalue weighted by molar-refractivity contribution is 5.80. The number of ether oxygens (including phenoxy) is 1. The van der Waals surface area contributed by atoms with Gasteiger partial charge in [0.1, 0.15) is 5.75 Å². The maximum Gasteiger partial charge on any atom is 0.236 e. The fraction of sp³-hybridized carbons (Fsp3) is 0.600. The summed E-state index contributed by atoms with van der Waals surface area (Å²) in [7, 11) is 0. The average molecular weight is 359 g/mol. The Labute approximate surface area is 155 Å². The van der Waals surface area contributed by atoms with Gasteiger partial charge >= 0.3 is 0 Å². The summed E-state index contributed by atoms with van der Waals surface area (Å²) in [5.74, 6) is 1.11. The smallest absolute Gasteiger partial charge is 0.236 e. The van der Waals surface area contributed by atoms with Gasteiger partial charge in [0, 0.05) is 32.2 Å². The van der Waals surface area contributed by atoms with E-state index in [0.717, 1.165) is 49.4 Å². The number of nitrogens with zero attached hydrogens (tertiary/aromatic N) is 2. The van der Waals surface area contributed by atoms with Crippen LogP contribution in [0.2, 0.25) is 0 Å². The first-order chi connectivity index (χ1) is 12.5. The van der Waals surface area contributed by atoms with E-state index in [1.165, 1.54) is 0 Å². The Morgan fingerprint density at radius 3 is 2.96 bits per heavy atom. The van der Waals surface area contributed by atoms with Crippen molar-refractivity contribution in [1.82, 2.24) is 15.1 Å². The Hall–Kier alpha value is -2.08. The van der Waals surface area contributed by atoms with Gasteiger partial charge in [0.05, 0.1) is 19.6 Å². The van der Waals surface area contributed by atoms with Crippen molar-refractivity contribution in [2.75, 3.05) is 39.3 Å². The zero-order valence-corrected chi connectivity index (χ0v) is 15.8. The van der Waals surface area contributed by atoms with E-state index in [0.29, 0.717) is 26.1 Å². The molecule has 0 aromatic heterocycles. The van der Waals surface area contributed by atoms with E-state index in [1.807, 2.05) is 35.8 Å². The van der Waals surface area contributed by atoms with E-state index in [1.54, 1.807) is 0 Å².